The highest BCUT2D eigenvalue weighted by molar-refractivity contribution is 7.17. The van der Waals surface area contributed by atoms with Gasteiger partial charge < -0.3 is 0 Å². The normalized spacial score (nSPS) is 10.7. The zero-order valence-electron chi connectivity index (χ0n) is 10.6. The zero-order chi connectivity index (χ0) is 14.1. The van der Waals surface area contributed by atoms with Crippen LogP contribution in [-0.2, 0) is 0 Å². The number of carbonyl (C=O) groups excluding carboxylic acids is 1. The molecule has 0 atom stereocenters. The van der Waals surface area contributed by atoms with Gasteiger partial charge in [-0.3, -0.25) is 10.1 Å². The van der Waals surface area contributed by atoms with Gasteiger partial charge in [-0.15, -0.1) is 11.3 Å². The predicted octanol–water partition coefficient (Wildman–Crippen LogP) is 3.91. The molecule has 0 unspecified atom stereocenters. The minimum Gasteiger partial charge on any atom is -0.290 e. The third-order valence-corrected chi connectivity index (χ3v) is 3.93. The Hall–Kier alpha value is -1.98. The van der Waals surface area contributed by atoms with Gasteiger partial charge in [0.2, 0.25) is 5.95 Å². The molecule has 0 aliphatic heterocycles. The number of halogens is 1. The van der Waals surface area contributed by atoms with E-state index in [0.29, 0.717) is 16.4 Å². The number of rotatable bonds is 2. The molecule has 1 aromatic carbocycles. The molecule has 100 valence electrons. The highest BCUT2D eigenvalue weighted by Gasteiger charge is 2.13. The van der Waals surface area contributed by atoms with E-state index in [1.54, 1.807) is 13.0 Å². The van der Waals surface area contributed by atoms with E-state index in [1.807, 2.05) is 29.6 Å². The maximum absolute atomic E-state index is 12.3. The molecule has 0 saturated heterocycles. The van der Waals surface area contributed by atoms with Crippen LogP contribution in [0.5, 0.6) is 0 Å². The highest BCUT2D eigenvalue weighted by atomic mass is 35.5. The second-order valence-electron chi connectivity index (χ2n) is 4.26. The van der Waals surface area contributed by atoms with Gasteiger partial charge in [0, 0.05) is 21.2 Å². The number of hydrogen-bond donors (Lipinski definition) is 1. The van der Waals surface area contributed by atoms with E-state index < -0.39 is 0 Å². The fourth-order valence-electron chi connectivity index (χ4n) is 1.91. The lowest BCUT2D eigenvalue weighted by Crippen LogP contribution is -2.14. The van der Waals surface area contributed by atoms with Gasteiger partial charge in [0.15, 0.2) is 0 Å². The Morgan fingerprint density at radius 2 is 2.10 bits per heavy atom. The molecular weight excluding hydrogens is 294 g/mol. The first-order chi connectivity index (χ1) is 9.63. The molecule has 2 aromatic heterocycles. The number of nitrogens with zero attached hydrogens (tertiary/aromatic N) is 2. The summed E-state index contributed by atoms with van der Waals surface area (Å²) in [6.45, 7) is 1.79. The maximum Gasteiger partial charge on any atom is 0.259 e. The number of carbonyl (C=O) groups is 1. The molecule has 3 aromatic rings. The van der Waals surface area contributed by atoms with Gasteiger partial charge in [0.25, 0.3) is 5.91 Å². The van der Waals surface area contributed by atoms with Gasteiger partial charge in [-0.1, -0.05) is 29.8 Å². The number of hydrogen-bond acceptors (Lipinski definition) is 4. The molecular formula is C14H10ClN3OS. The van der Waals surface area contributed by atoms with Crippen LogP contribution in [-0.4, -0.2) is 15.9 Å². The van der Waals surface area contributed by atoms with Crippen LogP contribution in [0.4, 0.5) is 5.95 Å². The van der Waals surface area contributed by atoms with Crippen LogP contribution in [0.2, 0.25) is 5.15 Å². The Morgan fingerprint density at radius 1 is 1.30 bits per heavy atom. The van der Waals surface area contributed by atoms with Gasteiger partial charge in [-0.05, 0) is 19.1 Å². The van der Waals surface area contributed by atoms with Crippen molar-refractivity contribution in [3.63, 3.8) is 0 Å². The topological polar surface area (TPSA) is 54.9 Å². The molecule has 0 fully saturated rings. The molecule has 0 saturated carbocycles. The second-order valence-corrected chi connectivity index (χ2v) is 5.55. The summed E-state index contributed by atoms with van der Waals surface area (Å²) in [5, 5.41) is 5.74. The van der Waals surface area contributed by atoms with E-state index in [4.69, 9.17) is 11.6 Å². The van der Waals surface area contributed by atoms with Crippen LogP contribution < -0.4 is 5.32 Å². The van der Waals surface area contributed by atoms with Crippen LogP contribution in [0.25, 0.3) is 10.1 Å². The summed E-state index contributed by atoms with van der Waals surface area (Å²) < 4.78 is 1.07. The largest absolute Gasteiger partial charge is 0.290 e. The van der Waals surface area contributed by atoms with Gasteiger partial charge in [0.1, 0.15) is 5.15 Å². The quantitative estimate of drug-likeness (QED) is 0.730. The average Bonchev–Trinajstić information content (AvgIpc) is 2.81. The van der Waals surface area contributed by atoms with Gasteiger partial charge in [-0.2, -0.15) is 0 Å². The average molecular weight is 304 g/mol. The second kappa shape index (κ2) is 5.19. The summed E-state index contributed by atoms with van der Waals surface area (Å²) in [5.74, 6) is -0.0144. The van der Waals surface area contributed by atoms with Crippen molar-refractivity contribution in [1.29, 1.82) is 0 Å². The summed E-state index contributed by atoms with van der Waals surface area (Å²) in [6.07, 6.45) is 0. The molecule has 3 rings (SSSR count). The van der Waals surface area contributed by atoms with Gasteiger partial charge >= 0.3 is 0 Å². The number of aryl methyl sites for hydroxylation is 1. The summed E-state index contributed by atoms with van der Waals surface area (Å²) in [7, 11) is 0. The molecule has 0 aliphatic rings. The first-order valence-electron chi connectivity index (χ1n) is 5.92. The molecule has 0 aliphatic carbocycles. The minimum absolute atomic E-state index is 0.218. The van der Waals surface area contributed by atoms with Crippen LogP contribution >= 0.6 is 22.9 Å². The summed E-state index contributed by atoms with van der Waals surface area (Å²) in [5.41, 5.74) is 1.32. The van der Waals surface area contributed by atoms with Gasteiger partial charge in [0.05, 0.1) is 5.56 Å². The van der Waals surface area contributed by atoms with Crippen LogP contribution in [0, 0.1) is 6.92 Å². The molecule has 0 radical (unpaired) electrons. The number of thiophene rings is 1. The van der Waals surface area contributed by atoms with Crippen molar-refractivity contribution in [2.45, 2.75) is 6.92 Å². The zero-order valence-corrected chi connectivity index (χ0v) is 12.1. The third-order valence-electron chi connectivity index (χ3n) is 2.77. The van der Waals surface area contributed by atoms with Crippen molar-refractivity contribution < 1.29 is 4.79 Å². The summed E-state index contributed by atoms with van der Waals surface area (Å²) in [6, 6.07) is 9.40. The van der Waals surface area contributed by atoms with Crippen molar-refractivity contribution in [2.24, 2.45) is 0 Å². The first-order valence-corrected chi connectivity index (χ1v) is 7.18. The smallest absolute Gasteiger partial charge is 0.259 e. The first kappa shape index (κ1) is 13.0. The number of nitrogens with one attached hydrogen (secondary N) is 1. The number of amides is 1. The lowest BCUT2D eigenvalue weighted by atomic mass is 10.2. The fraction of sp³-hybridized carbons (Fsp3) is 0.0714. The van der Waals surface area contributed by atoms with E-state index >= 15 is 0 Å². The maximum atomic E-state index is 12.3. The molecule has 1 amide bonds. The van der Waals surface area contributed by atoms with Crippen LogP contribution in [0.3, 0.4) is 0 Å². The predicted molar refractivity (Wildman–Crippen MR) is 81.6 cm³/mol. The van der Waals surface area contributed by atoms with E-state index in [1.165, 1.54) is 11.3 Å². The fourth-order valence-corrected chi connectivity index (χ4v) is 3.09. The van der Waals surface area contributed by atoms with Crippen molar-refractivity contribution in [3.8, 4) is 0 Å². The lowest BCUT2D eigenvalue weighted by Gasteiger charge is -2.04. The Labute approximate surface area is 124 Å². The van der Waals surface area contributed by atoms with Gasteiger partial charge in [-0.25, -0.2) is 9.97 Å². The monoisotopic (exact) mass is 303 g/mol. The standard InChI is InChI=1S/C14H10ClN3OS/c1-8-6-12(15)17-14(16-8)18-13(19)10-7-20-11-5-3-2-4-9(10)11/h2-7H,1H3,(H,16,17,18,19). The summed E-state index contributed by atoms with van der Waals surface area (Å²) >= 11 is 7.38. The molecule has 0 bridgehead atoms. The van der Waals surface area contributed by atoms with E-state index in [-0.39, 0.29) is 11.9 Å². The van der Waals surface area contributed by atoms with Crippen molar-refractivity contribution >= 4 is 44.9 Å². The molecule has 6 heteroatoms. The highest BCUT2D eigenvalue weighted by Crippen LogP contribution is 2.26. The van der Waals surface area contributed by atoms with E-state index in [2.05, 4.69) is 15.3 Å². The lowest BCUT2D eigenvalue weighted by molar-refractivity contribution is 0.102. The third kappa shape index (κ3) is 2.50. The Kier molecular flexibility index (Phi) is 3.38. The number of anilines is 1. The molecule has 20 heavy (non-hydrogen) atoms. The molecule has 2 heterocycles. The molecule has 0 spiro atoms. The van der Waals surface area contributed by atoms with Crippen molar-refractivity contribution in [3.05, 3.63) is 52.1 Å². The van der Waals surface area contributed by atoms with E-state index in [9.17, 15) is 4.79 Å². The summed E-state index contributed by atoms with van der Waals surface area (Å²) in [4.78, 5) is 20.4. The van der Waals surface area contributed by atoms with Crippen molar-refractivity contribution in [1.82, 2.24) is 9.97 Å². The number of benzene rings is 1. The van der Waals surface area contributed by atoms with Crippen LogP contribution in [0.15, 0.2) is 35.7 Å². The minimum atomic E-state index is -0.232. The SMILES string of the molecule is Cc1cc(Cl)nc(NC(=O)c2csc3ccccc23)n1. The van der Waals surface area contributed by atoms with Crippen LogP contribution in [0.1, 0.15) is 16.1 Å². The Balaban J connectivity index is 1.93. The Morgan fingerprint density at radius 3 is 2.90 bits per heavy atom. The Bertz CT molecular complexity index is 780. The molecule has 4 nitrogen and oxygen atoms in total. The number of aromatic nitrogens is 2. The number of fused-ring (bicyclic) bond motifs is 1. The van der Waals surface area contributed by atoms with Crippen molar-refractivity contribution in [2.75, 3.05) is 5.32 Å². The molecule has 1 N–H and O–H groups in total. The van der Waals surface area contributed by atoms with E-state index in [0.717, 1.165) is 10.1 Å².